The summed E-state index contributed by atoms with van der Waals surface area (Å²) in [5.41, 5.74) is 2.13. The number of hydrogen-bond donors (Lipinski definition) is 2. The molecule has 112 valence electrons. The maximum atomic E-state index is 13.5. The molecule has 21 heavy (non-hydrogen) atoms. The van der Waals surface area contributed by atoms with Crippen LogP contribution in [0.2, 0.25) is 0 Å². The van der Waals surface area contributed by atoms with Crippen molar-refractivity contribution in [2.24, 2.45) is 0 Å². The van der Waals surface area contributed by atoms with Crippen LogP contribution < -0.4 is 5.32 Å². The van der Waals surface area contributed by atoms with Crippen molar-refractivity contribution >= 4 is 5.69 Å². The second-order valence-corrected chi connectivity index (χ2v) is 5.34. The SMILES string of the molecule is CC(C)c1ccc(C(O)CNc2ccc(F)cc2F)cc1. The summed E-state index contributed by atoms with van der Waals surface area (Å²) in [5.74, 6) is -0.858. The van der Waals surface area contributed by atoms with Crippen LogP contribution in [0, 0.1) is 11.6 Å². The van der Waals surface area contributed by atoms with E-state index in [1.165, 1.54) is 17.7 Å². The van der Waals surface area contributed by atoms with Gasteiger partial charge in [-0.15, -0.1) is 0 Å². The van der Waals surface area contributed by atoms with E-state index in [2.05, 4.69) is 19.2 Å². The van der Waals surface area contributed by atoms with Gasteiger partial charge in [0.2, 0.25) is 0 Å². The molecule has 1 unspecified atom stereocenters. The molecule has 1 atom stereocenters. The fourth-order valence-corrected chi connectivity index (χ4v) is 2.06. The Hall–Kier alpha value is -1.94. The smallest absolute Gasteiger partial charge is 0.149 e. The molecule has 0 saturated carbocycles. The van der Waals surface area contributed by atoms with Gasteiger partial charge < -0.3 is 10.4 Å². The topological polar surface area (TPSA) is 32.3 Å². The average Bonchev–Trinajstić information content (AvgIpc) is 2.46. The molecule has 2 aromatic carbocycles. The highest BCUT2D eigenvalue weighted by Gasteiger charge is 2.10. The molecule has 0 aliphatic carbocycles. The monoisotopic (exact) mass is 291 g/mol. The summed E-state index contributed by atoms with van der Waals surface area (Å²) in [4.78, 5) is 0. The number of aliphatic hydroxyl groups is 1. The zero-order valence-electron chi connectivity index (χ0n) is 12.1. The zero-order valence-corrected chi connectivity index (χ0v) is 12.1. The first-order valence-electron chi connectivity index (χ1n) is 6.94. The number of anilines is 1. The van der Waals surface area contributed by atoms with E-state index in [9.17, 15) is 13.9 Å². The first-order chi connectivity index (χ1) is 9.97. The largest absolute Gasteiger partial charge is 0.387 e. The number of benzene rings is 2. The van der Waals surface area contributed by atoms with Gasteiger partial charge in [0.05, 0.1) is 11.8 Å². The number of nitrogens with one attached hydrogen (secondary N) is 1. The number of rotatable bonds is 5. The zero-order chi connectivity index (χ0) is 15.4. The van der Waals surface area contributed by atoms with Crippen LogP contribution in [0.15, 0.2) is 42.5 Å². The highest BCUT2D eigenvalue weighted by molar-refractivity contribution is 5.45. The van der Waals surface area contributed by atoms with E-state index in [4.69, 9.17) is 0 Å². The second kappa shape index (κ2) is 6.68. The summed E-state index contributed by atoms with van der Waals surface area (Å²) in [5, 5.41) is 12.9. The molecule has 0 fully saturated rings. The molecule has 2 rings (SSSR count). The first-order valence-corrected chi connectivity index (χ1v) is 6.94. The molecule has 0 saturated heterocycles. The maximum absolute atomic E-state index is 13.5. The Morgan fingerprint density at radius 3 is 2.19 bits per heavy atom. The van der Waals surface area contributed by atoms with Crippen molar-refractivity contribution in [1.29, 1.82) is 0 Å². The predicted octanol–water partition coefficient (Wildman–Crippen LogP) is 4.23. The normalized spacial score (nSPS) is 12.5. The Balaban J connectivity index is 1.99. The van der Waals surface area contributed by atoms with Crippen LogP contribution in [0.25, 0.3) is 0 Å². The van der Waals surface area contributed by atoms with Gasteiger partial charge in [0, 0.05) is 12.6 Å². The van der Waals surface area contributed by atoms with Crippen molar-refractivity contribution in [2.45, 2.75) is 25.9 Å². The van der Waals surface area contributed by atoms with Gasteiger partial charge in [-0.05, 0) is 29.2 Å². The lowest BCUT2D eigenvalue weighted by molar-refractivity contribution is 0.191. The highest BCUT2D eigenvalue weighted by Crippen LogP contribution is 2.20. The highest BCUT2D eigenvalue weighted by atomic mass is 19.1. The number of aliphatic hydroxyl groups excluding tert-OH is 1. The molecule has 0 radical (unpaired) electrons. The molecule has 0 aliphatic rings. The summed E-state index contributed by atoms with van der Waals surface area (Å²) >= 11 is 0. The molecule has 0 heterocycles. The molecule has 4 heteroatoms. The predicted molar refractivity (Wildman–Crippen MR) is 80.3 cm³/mol. The Kier molecular flexibility index (Phi) is 4.91. The molecule has 0 spiro atoms. The van der Waals surface area contributed by atoms with Crippen LogP contribution in [-0.2, 0) is 0 Å². The van der Waals surface area contributed by atoms with Crippen molar-refractivity contribution in [3.05, 3.63) is 65.2 Å². The van der Waals surface area contributed by atoms with Crippen molar-refractivity contribution in [1.82, 2.24) is 0 Å². The van der Waals surface area contributed by atoms with Crippen LogP contribution in [0.5, 0.6) is 0 Å². The van der Waals surface area contributed by atoms with Crippen LogP contribution >= 0.6 is 0 Å². The number of hydrogen-bond acceptors (Lipinski definition) is 2. The summed E-state index contributed by atoms with van der Waals surface area (Å²) < 4.78 is 26.3. The van der Waals surface area contributed by atoms with Gasteiger partial charge in [-0.1, -0.05) is 38.1 Å². The minimum atomic E-state index is -0.754. The molecule has 2 nitrogen and oxygen atoms in total. The fraction of sp³-hybridized carbons (Fsp3) is 0.294. The molecule has 0 amide bonds. The standard InChI is InChI=1S/C17H19F2NO/c1-11(2)12-3-5-13(6-4-12)17(21)10-20-16-8-7-14(18)9-15(16)19/h3-9,11,17,20-21H,10H2,1-2H3. The third-order valence-corrected chi connectivity index (χ3v) is 3.40. The van der Waals surface area contributed by atoms with Crippen LogP contribution in [0.1, 0.15) is 37.0 Å². The third kappa shape index (κ3) is 4.02. The van der Waals surface area contributed by atoms with Gasteiger partial charge in [0.1, 0.15) is 11.6 Å². The lowest BCUT2D eigenvalue weighted by atomic mass is 10.00. The van der Waals surface area contributed by atoms with Crippen molar-refractivity contribution in [3.63, 3.8) is 0 Å². The molecular formula is C17H19F2NO. The lowest BCUT2D eigenvalue weighted by Gasteiger charge is -2.15. The van der Waals surface area contributed by atoms with Crippen LogP contribution in [0.4, 0.5) is 14.5 Å². The van der Waals surface area contributed by atoms with Gasteiger partial charge >= 0.3 is 0 Å². The van der Waals surface area contributed by atoms with E-state index in [1.54, 1.807) is 0 Å². The Labute approximate surface area is 123 Å². The second-order valence-electron chi connectivity index (χ2n) is 5.34. The Morgan fingerprint density at radius 1 is 1.00 bits per heavy atom. The van der Waals surface area contributed by atoms with Crippen LogP contribution in [0.3, 0.4) is 0 Å². The van der Waals surface area contributed by atoms with Gasteiger partial charge in [0.25, 0.3) is 0 Å². The summed E-state index contributed by atoms with van der Waals surface area (Å²) in [6, 6.07) is 11.0. The van der Waals surface area contributed by atoms with Gasteiger partial charge in [0.15, 0.2) is 0 Å². The maximum Gasteiger partial charge on any atom is 0.149 e. The Morgan fingerprint density at radius 2 is 1.62 bits per heavy atom. The van der Waals surface area contributed by atoms with E-state index in [0.29, 0.717) is 5.92 Å². The Bertz CT molecular complexity index is 596. The van der Waals surface area contributed by atoms with Crippen LogP contribution in [-0.4, -0.2) is 11.7 Å². The third-order valence-electron chi connectivity index (χ3n) is 3.40. The number of halogens is 2. The summed E-state index contributed by atoms with van der Waals surface area (Å²) in [6.45, 7) is 4.36. The molecule has 0 aromatic heterocycles. The van der Waals surface area contributed by atoms with Crippen molar-refractivity contribution in [2.75, 3.05) is 11.9 Å². The fourth-order valence-electron chi connectivity index (χ4n) is 2.06. The summed E-state index contributed by atoms with van der Waals surface area (Å²) in [6.07, 6.45) is -0.754. The quantitative estimate of drug-likeness (QED) is 0.864. The minimum absolute atomic E-state index is 0.156. The van der Waals surface area contributed by atoms with Gasteiger partial charge in [-0.25, -0.2) is 8.78 Å². The first kappa shape index (κ1) is 15.4. The molecule has 0 bridgehead atoms. The van der Waals surface area contributed by atoms with Crippen molar-refractivity contribution < 1.29 is 13.9 Å². The van der Waals surface area contributed by atoms with E-state index in [-0.39, 0.29) is 12.2 Å². The summed E-state index contributed by atoms with van der Waals surface area (Å²) in [7, 11) is 0. The van der Waals surface area contributed by atoms with E-state index in [0.717, 1.165) is 11.6 Å². The molecule has 2 N–H and O–H groups in total. The lowest BCUT2D eigenvalue weighted by Crippen LogP contribution is -2.13. The van der Waals surface area contributed by atoms with Crippen molar-refractivity contribution in [3.8, 4) is 0 Å². The minimum Gasteiger partial charge on any atom is -0.387 e. The van der Waals surface area contributed by atoms with E-state index >= 15 is 0 Å². The average molecular weight is 291 g/mol. The van der Waals surface area contributed by atoms with E-state index < -0.39 is 17.7 Å². The van der Waals surface area contributed by atoms with Gasteiger partial charge in [-0.2, -0.15) is 0 Å². The van der Waals surface area contributed by atoms with Gasteiger partial charge in [-0.3, -0.25) is 0 Å². The molecule has 2 aromatic rings. The molecule has 0 aliphatic heterocycles. The van der Waals surface area contributed by atoms with E-state index in [1.807, 2.05) is 24.3 Å². The molecular weight excluding hydrogens is 272 g/mol.